The van der Waals surface area contributed by atoms with E-state index in [-0.39, 0.29) is 44.6 Å². The number of carbonyl (C=O) groups is 3. The molecule has 0 unspecified atom stereocenters. The van der Waals surface area contributed by atoms with Gasteiger partial charge in [0, 0.05) is 19.3 Å². The summed E-state index contributed by atoms with van der Waals surface area (Å²) in [5.41, 5.74) is 0. The summed E-state index contributed by atoms with van der Waals surface area (Å²) in [6, 6.07) is 0. The van der Waals surface area contributed by atoms with Crippen LogP contribution in [0, 0.1) is 0 Å². The van der Waals surface area contributed by atoms with Crippen molar-refractivity contribution in [2.24, 2.45) is 0 Å². The van der Waals surface area contributed by atoms with Crippen molar-refractivity contribution in [3.8, 4) is 0 Å². The normalized spacial score (nSPS) is 11.1. The summed E-state index contributed by atoms with van der Waals surface area (Å²) < 4.78 is 15.9. The van der Waals surface area contributed by atoms with E-state index < -0.39 is 12.1 Å². The van der Waals surface area contributed by atoms with E-state index in [1.165, 1.54) is 77.0 Å². The highest BCUT2D eigenvalue weighted by atomic mass is 16.6. The molecule has 0 heterocycles. The molecule has 0 fully saturated rings. The van der Waals surface area contributed by atoms with Gasteiger partial charge in [-0.25, -0.2) is 0 Å². The van der Waals surface area contributed by atoms with Crippen LogP contribution in [-0.4, -0.2) is 43.8 Å². The summed E-state index contributed by atoms with van der Waals surface area (Å²) in [6.07, 6.45) is 21.0. The first-order chi connectivity index (χ1) is 18.5. The minimum absolute atomic E-state index is 0.00121. The maximum Gasteiger partial charge on any atom is 0.306 e. The van der Waals surface area contributed by atoms with Crippen molar-refractivity contribution < 1.29 is 33.7 Å². The average Bonchev–Trinajstić information content (AvgIpc) is 2.91. The predicted molar refractivity (Wildman–Crippen MR) is 150 cm³/mol. The second kappa shape index (κ2) is 28.4. The van der Waals surface area contributed by atoms with Crippen LogP contribution in [0.5, 0.6) is 0 Å². The Kier molecular flexibility index (Phi) is 27.2. The van der Waals surface area contributed by atoms with Crippen LogP contribution in [0.15, 0.2) is 0 Å². The Morgan fingerprint density at radius 3 is 1.21 bits per heavy atom. The van der Waals surface area contributed by atoms with E-state index in [2.05, 4.69) is 13.8 Å². The fourth-order valence-corrected chi connectivity index (χ4v) is 4.25. The maximum absolute atomic E-state index is 12.1. The predicted octanol–water partition coefficient (Wildman–Crippen LogP) is 6.97. The zero-order valence-corrected chi connectivity index (χ0v) is 24.6. The van der Waals surface area contributed by atoms with Crippen LogP contribution in [0.2, 0.25) is 0 Å². The van der Waals surface area contributed by atoms with Crippen molar-refractivity contribution in [3.05, 3.63) is 0 Å². The van der Waals surface area contributed by atoms with Gasteiger partial charge in [-0.05, 0) is 12.8 Å². The number of unbranched alkanes of at least 4 members (excludes halogenated alkanes) is 16. The van der Waals surface area contributed by atoms with Gasteiger partial charge in [0.15, 0.2) is 6.10 Å². The van der Waals surface area contributed by atoms with Gasteiger partial charge >= 0.3 is 17.9 Å². The first-order valence-electron chi connectivity index (χ1n) is 15.6. The zero-order chi connectivity index (χ0) is 28.1. The SMILES string of the molecule is CCCCCCCCCCCC(=O)OCC(COC(=O)CCCCCCCCCCC)OC(=O)CCC[O-]. The Labute approximate surface area is 232 Å². The molecule has 0 saturated heterocycles. The van der Waals surface area contributed by atoms with E-state index in [1.807, 2.05) is 0 Å². The Morgan fingerprint density at radius 2 is 0.842 bits per heavy atom. The molecule has 7 nitrogen and oxygen atoms in total. The quantitative estimate of drug-likeness (QED) is 0.0599. The molecule has 0 aliphatic heterocycles. The lowest BCUT2D eigenvalue weighted by Gasteiger charge is -2.18. The van der Waals surface area contributed by atoms with Crippen molar-refractivity contribution >= 4 is 17.9 Å². The van der Waals surface area contributed by atoms with E-state index >= 15 is 0 Å². The molecule has 0 aliphatic carbocycles. The summed E-state index contributed by atoms with van der Waals surface area (Å²) in [5, 5.41) is 10.7. The van der Waals surface area contributed by atoms with Gasteiger partial charge in [0.2, 0.25) is 0 Å². The van der Waals surface area contributed by atoms with E-state index in [9.17, 15) is 19.5 Å². The van der Waals surface area contributed by atoms with Crippen LogP contribution in [0.1, 0.15) is 155 Å². The summed E-state index contributed by atoms with van der Waals surface area (Å²) >= 11 is 0. The van der Waals surface area contributed by atoms with Gasteiger partial charge in [0.1, 0.15) is 13.2 Å². The average molecular weight is 542 g/mol. The third kappa shape index (κ3) is 26.0. The fourth-order valence-electron chi connectivity index (χ4n) is 4.25. The van der Waals surface area contributed by atoms with Gasteiger partial charge < -0.3 is 19.3 Å². The minimum atomic E-state index is -0.853. The molecule has 0 N–H and O–H groups in total. The Morgan fingerprint density at radius 1 is 0.500 bits per heavy atom. The third-order valence-electron chi connectivity index (χ3n) is 6.65. The monoisotopic (exact) mass is 541 g/mol. The number of carbonyl (C=O) groups excluding carboxylic acids is 3. The van der Waals surface area contributed by atoms with Gasteiger partial charge in [-0.1, -0.05) is 123 Å². The van der Waals surface area contributed by atoms with E-state index in [4.69, 9.17) is 14.2 Å². The van der Waals surface area contributed by atoms with Crippen LogP contribution >= 0.6 is 0 Å². The minimum Gasteiger partial charge on any atom is -0.854 e. The van der Waals surface area contributed by atoms with Crippen molar-refractivity contribution in [3.63, 3.8) is 0 Å². The second-order valence-corrected chi connectivity index (χ2v) is 10.4. The maximum atomic E-state index is 12.1. The molecule has 7 heteroatoms. The van der Waals surface area contributed by atoms with Gasteiger partial charge in [-0.15, -0.1) is 6.61 Å². The number of esters is 3. The highest BCUT2D eigenvalue weighted by Crippen LogP contribution is 2.12. The third-order valence-corrected chi connectivity index (χ3v) is 6.65. The first-order valence-corrected chi connectivity index (χ1v) is 15.6. The highest BCUT2D eigenvalue weighted by Gasteiger charge is 2.19. The molecule has 38 heavy (non-hydrogen) atoms. The molecule has 0 bridgehead atoms. The zero-order valence-electron chi connectivity index (χ0n) is 24.6. The number of ether oxygens (including phenoxy) is 3. The van der Waals surface area contributed by atoms with Crippen molar-refractivity contribution in [2.75, 3.05) is 19.8 Å². The van der Waals surface area contributed by atoms with Crippen molar-refractivity contribution in [2.45, 2.75) is 161 Å². The standard InChI is InChI=1S/C31H57O7/c1-3-5-7-9-11-13-15-17-19-22-29(33)36-26-28(38-31(35)24-21-25-32)27-37-30(34)23-20-18-16-14-12-10-8-6-4-2/h28H,3-27H2,1-2H3/q-1. The van der Waals surface area contributed by atoms with Crippen LogP contribution in [0.3, 0.4) is 0 Å². The summed E-state index contributed by atoms with van der Waals surface area (Å²) in [5.74, 6) is -1.22. The van der Waals surface area contributed by atoms with Gasteiger partial charge in [-0.3, -0.25) is 14.4 Å². The molecule has 0 spiro atoms. The lowest BCUT2D eigenvalue weighted by Crippen LogP contribution is -2.31. The van der Waals surface area contributed by atoms with Crippen LogP contribution in [0.25, 0.3) is 0 Å². The first kappa shape index (κ1) is 36.4. The van der Waals surface area contributed by atoms with Crippen LogP contribution < -0.4 is 5.11 Å². The molecule has 0 saturated carbocycles. The number of hydrogen-bond donors (Lipinski definition) is 0. The van der Waals surface area contributed by atoms with Crippen LogP contribution in [0.4, 0.5) is 0 Å². The van der Waals surface area contributed by atoms with Gasteiger partial charge in [0.25, 0.3) is 0 Å². The highest BCUT2D eigenvalue weighted by molar-refractivity contribution is 5.71. The molecule has 0 rings (SSSR count). The largest absolute Gasteiger partial charge is 0.854 e. The Bertz CT molecular complexity index is 526. The summed E-state index contributed by atoms with van der Waals surface area (Å²) in [6.45, 7) is 3.77. The van der Waals surface area contributed by atoms with Crippen molar-refractivity contribution in [1.82, 2.24) is 0 Å². The molecule has 0 aliphatic rings. The van der Waals surface area contributed by atoms with E-state index in [0.717, 1.165) is 38.5 Å². The van der Waals surface area contributed by atoms with E-state index in [1.54, 1.807) is 0 Å². The molecular formula is C31H57O7-. The smallest absolute Gasteiger partial charge is 0.306 e. The lowest BCUT2D eigenvalue weighted by atomic mass is 10.1. The molecule has 0 radical (unpaired) electrons. The lowest BCUT2D eigenvalue weighted by molar-refractivity contribution is -0.368. The fraction of sp³-hybridized carbons (Fsp3) is 0.903. The molecule has 0 amide bonds. The summed E-state index contributed by atoms with van der Waals surface area (Å²) in [7, 11) is 0. The second-order valence-electron chi connectivity index (χ2n) is 10.4. The molecule has 0 atom stereocenters. The Balaban J connectivity index is 4.13. The molecule has 0 aromatic heterocycles. The van der Waals surface area contributed by atoms with Gasteiger partial charge in [-0.2, -0.15) is 0 Å². The molecular weight excluding hydrogens is 484 g/mol. The van der Waals surface area contributed by atoms with Crippen molar-refractivity contribution in [1.29, 1.82) is 0 Å². The topological polar surface area (TPSA) is 102 Å². The molecule has 0 aromatic carbocycles. The summed E-state index contributed by atoms with van der Waals surface area (Å²) in [4.78, 5) is 36.3. The molecule has 224 valence electrons. The van der Waals surface area contributed by atoms with Crippen LogP contribution in [-0.2, 0) is 28.6 Å². The number of rotatable bonds is 28. The van der Waals surface area contributed by atoms with Gasteiger partial charge in [0.05, 0.1) is 0 Å². The van der Waals surface area contributed by atoms with E-state index in [0.29, 0.717) is 12.8 Å². The molecule has 0 aromatic rings. The number of hydrogen-bond acceptors (Lipinski definition) is 7. The Hall–Kier alpha value is -1.63.